The molecule has 0 aliphatic rings. The Kier molecular flexibility index (Phi) is 3.12. The van der Waals surface area contributed by atoms with Gasteiger partial charge in [0, 0.05) is 17.1 Å². The second-order valence-corrected chi connectivity index (χ2v) is 3.57. The second kappa shape index (κ2) is 3.92. The molecule has 1 N–H and O–H groups in total. The van der Waals surface area contributed by atoms with Crippen LogP contribution in [0.5, 0.6) is 0 Å². The Balaban J connectivity index is 2.89. The van der Waals surface area contributed by atoms with Crippen LogP contribution in [0, 0.1) is 0 Å². The quantitative estimate of drug-likeness (QED) is 0.813. The minimum absolute atomic E-state index is 0.0933. The zero-order chi connectivity index (χ0) is 9.14. The van der Waals surface area contributed by atoms with Gasteiger partial charge in [-0.25, -0.2) is 0 Å². The molecular formula is C8H7BrClNO. The van der Waals surface area contributed by atoms with Crippen molar-refractivity contribution < 1.29 is 4.79 Å². The lowest BCUT2D eigenvalue weighted by Crippen LogP contribution is -2.05. The Morgan fingerprint density at radius 2 is 2.25 bits per heavy atom. The average Bonchev–Trinajstić information content (AvgIpc) is 1.96. The van der Waals surface area contributed by atoms with Crippen molar-refractivity contribution in [3.05, 3.63) is 27.7 Å². The van der Waals surface area contributed by atoms with Crippen molar-refractivity contribution >= 4 is 39.1 Å². The molecule has 0 atom stereocenters. The molecule has 1 aromatic rings. The molecule has 0 radical (unpaired) electrons. The van der Waals surface area contributed by atoms with Gasteiger partial charge in [-0.15, -0.1) is 0 Å². The first-order chi connectivity index (χ1) is 5.59. The van der Waals surface area contributed by atoms with Crippen LogP contribution in [0.25, 0.3) is 0 Å². The summed E-state index contributed by atoms with van der Waals surface area (Å²) in [6.07, 6.45) is 0. The highest BCUT2D eigenvalue weighted by atomic mass is 79.9. The van der Waals surface area contributed by atoms with Gasteiger partial charge in [-0.2, -0.15) is 0 Å². The van der Waals surface area contributed by atoms with E-state index in [9.17, 15) is 4.79 Å². The number of hydrogen-bond donors (Lipinski definition) is 1. The summed E-state index contributed by atoms with van der Waals surface area (Å²) in [5.74, 6) is -0.0933. The number of nitrogens with one attached hydrogen (secondary N) is 1. The van der Waals surface area contributed by atoms with Crippen molar-refractivity contribution in [2.24, 2.45) is 0 Å². The summed E-state index contributed by atoms with van der Waals surface area (Å²) in [7, 11) is 0. The van der Waals surface area contributed by atoms with Crippen LogP contribution in [0.1, 0.15) is 6.92 Å². The summed E-state index contributed by atoms with van der Waals surface area (Å²) < 4.78 is 0.774. The molecule has 0 saturated carbocycles. The fraction of sp³-hybridized carbons (Fsp3) is 0.125. The van der Waals surface area contributed by atoms with E-state index >= 15 is 0 Å². The Morgan fingerprint density at radius 1 is 1.58 bits per heavy atom. The van der Waals surface area contributed by atoms with Gasteiger partial charge in [0.05, 0.1) is 5.02 Å². The minimum Gasteiger partial charge on any atom is -0.326 e. The van der Waals surface area contributed by atoms with Gasteiger partial charge in [0.15, 0.2) is 0 Å². The second-order valence-electron chi connectivity index (χ2n) is 2.31. The Morgan fingerprint density at radius 3 is 2.75 bits per heavy atom. The molecule has 0 heterocycles. The summed E-state index contributed by atoms with van der Waals surface area (Å²) in [6, 6.07) is 5.22. The molecule has 1 rings (SSSR count). The van der Waals surface area contributed by atoms with Gasteiger partial charge in [-0.05, 0) is 34.1 Å². The highest BCUT2D eigenvalue weighted by Gasteiger charge is 1.99. The Bertz CT molecular complexity index is 314. The third-order valence-electron chi connectivity index (χ3n) is 1.24. The fourth-order valence-electron chi connectivity index (χ4n) is 0.777. The molecule has 1 amide bonds. The van der Waals surface area contributed by atoms with E-state index in [1.807, 2.05) is 0 Å². The van der Waals surface area contributed by atoms with Crippen LogP contribution in [0.2, 0.25) is 5.02 Å². The molecule has 0 fully saturated rings. The van der Waals surface area contributed by atoms with E-state index in [1.165, 1.54) is 6.92 Å². The van der Waals surface area contributed by atoms with Crippen molar-refractivity contribution in [2.75, 3.05) is 5.32 Å². The maximum atomic E-state index is 10.6. The normalized spacial score (nSPS) is 9.58. The number of carbonyl (C=O) groups is 1. The topological polar surface area (TPSA) is 29.1 Å². The summed E-state index contributed by atoms with van der Waals surface area (Å²) >= 11 is 9.01. The van der Waals surface area contributed by atoms with E-state index in [0.717, 1.165) is 10.2 Å². The zero-order valence-electron chi connectivity index (χ0n) is 6.40. The van der Waals surface area contributed by atoms with Crippen molar-refractivity contribution in [3.63, 3.8) is 0 Å². The molecule has 1 aromatic carbocycles. The molecule has 0 bridgehead atoms. The van der Waals surface area contributed by atoms with Gasteiger partial charge in [0.1, 0.15) is 0 Å². The average molecular weight is 249 g/mol. The number of halogens is 2. The van der Waals surface area contributed by atoms with Crippen molar-refractivity contribution in [3.8, 4) is 0 Å². The summed E-state index contributed by atoms with van der Waals surface area (Å²) in [4.78, 5) is 10.6. The molecule has 64 valence electrons. The number of anilines is 1. The number of hydrogen-bond acceptors (Lipinski definition) is 1. The van der Waals surface area contributed by atoms with E-state index in [-0.39, 0.29) is 5.91 Å². The molecule has 0 aromatic heterocycles. The fourth-order valence-corrected chi connectivity index (χ4v) is 1.27. The maximum absolute atomic E-state index is 10.6. The first kappa shape index (κ1) is 9.55. The van der Waals surface area contributed by atoms with Crippen LogP contribution in [0.4, 0.5) is 5.69 Å². The molecular weight excluding hydrogens is 241 g/mol. The minimum atomic E-state index is -0.0933. The standard InChI is InChI=1S/C8H7BrClNO/c1-5(12)11-6-2-3-8(10)7(9)4-6/h2-4H,1H3,(H,11,12). The third kappa shape index (κ3) is 2.50. The molecule has 12 heavy (non-hydrogen) atoms. The molecule has 0 saturated heterocycles. The number of amides is 1. The number of benzene rings is 1. The first-order valence-electron chi connectivity index (χ1n) is 3.32. The SMILES string of the molecule is CC(=O)Nc1ccc(Cl)c(Br)c1. The van der Waals surface area contributed by atoms with E-state index in [2.05, 4.69) is 21.2 Å². The molecule has 0 spiro atoms. The van der Waals surface area contributed by atoms with Crippen LogP contribution >= 0.6 is 27.5 Å². The van der Waals surface area contributed by atoms with Crippen LogP contribution in [0.3, 0.4) is 0 Å². The highest BCUT2D eigenvalue weighted by Crippen LogP contribution is 2.25. The van der Waals surface area contributed by atoms with Crippen molar-refractivity contribution in [1.82, 2.24) is 0 Å². The number of rotatable bonds is 1. The van der Waals surface area contributed by atoms with Gasteiger partial charge in [-0.3, -0.25) is 4.79 Å². The van der Waals surface area contributed by atoms with Gasteiger partial charge in [-0.1, -0.05) is 11.6 Å². The predicted octanol–water partition coefficient (Wildman–Crippen LogP) is 3.06. The lowest BCUT2D eigenvalue weighted by atomic mass is 10.3. The summed E-state index contributed by atoms with van der Waals surface area (Å²) in [5.41, 5.74) is 0.735. The first-order valence-corrected chi connectivity index (χ1v) is 4.49. The van der Waals surface area contributed by atoms with E-state index < -0.39 is 0 Å². The molecule has 2 nitrogen and oxygen atoms in total. The third-order valence-corrected chi connectivity index (χ3v) is 2.45. The monoisotopic (exact) mass is 247 g/mol. The van der Waals surface area contributed by atoms with Gasteiger partial charge in [0.25, 0.3) is 0 Å². The van der Waals surface area contributed by atoms with Crippen molar-refractivity contribution in [2.45, 2.75) is 6.92 Å². The molecule has 0 aliphatic heterocycles. The number of carbonyl (C=O) groups excluding carboxylic acids is 1. The predicted molar refractivity (Wildman–Crippen MR) is 53.5 cm³/mol. The Labute approximate surface area is 84.0 Å². The van der Waals surface area contributed by atoms with E-state index in [0.29, 0.717) is 5.02 Å². The summed E-state index contributed by atoms with van der Waals surface area (Å²) in [5, 5.41) is 3.27. The van der Waals surface area contributed by atoms with Gasteiger partial charge in [0.2, 0.25) is 5.91 Å². The van der Waals surface area contributed by atoms with Crippen LogP contribution in [0.15, 0.2) is 22.7 Å². The Hall–Kier alpha value is -0.540. The lowest BCUT2D eigenvalue weighted by molar-refractivity contribution is -0.114. The van der Waals surface area contributed by atoms with Crippen molar-refractivity contribution in [1.29, 1.82) is 0 Å². The lowest BCUT2D eigenvalue weighted by Gasteiger charge is -2.02. The smallest absolute Gasteiger partial charge is 0.221 e. The zero-order valence-corrected chi connectivity index (χ0v) is 8.74. The van der Waals surface area contributed by atoms with Crippen LogP contribution in [-0.4, -0.2) is 5.91 Å². The van der Waals surface area contributed by atoms with Crippen LogP contribution < -0.4 is 5.32 Å². The van der Waals surface area contributed by atoms with E-state index in [4.69, 9.17) is 11.6 Å². The summed E-state index contributed by atoms with van der Waals surface area (Å²) in [6.45, 7) is 1.46. The van der Waals surface area contributed by atoms with Gasteiger partial charge < -0.3 is 5.32 Å². The molecule has 0 unspecified atom stereocenters. The molecule has 0 aliphatic carbocycles. The van der Waals surface area contributed by atoms with Crippen LogP contribution in [-0.2, 0) is 4.79 Å². The maximum Gasteiger partial charge on any atom is 0.221 e. The molecule has 4 heteroatoms. The highest BCUT2D eigenvalue weighted by molar-refractivity contribution is 9.10. The largest absolute Gasteiger partial charge is 0.326 e. The van der Waals surface area contributed by atoms with Gasteiger partial charge >= 0.3 is 0 Å². The van der Waals surface area contributed by atoms with E-state index in [1.54, 1.807) is 18.2 Å².